The Morgan fingerprint density at radius 3 is 2.80 bits per heavy atom. The minimum atomic E-state index is -2.90. The summed E-state index contributed by atoms with van der Waals surface area (Å²) in [6, 6.07) is 1.44. The smallest absolute Gasteiger partial charge is 0.312 e. The maximum atomic E-state index is 12.7. The van der Waals surface area contributed by atoms with Gasteiger partial charge in [-0.1, -0.05) is 0 Å². The molecule has 1 aromatic rings. The summed E-state index contributed by atoms with van der Waals surface area (Å²) in [5.74, 6) is -4.80. The number of nitrogens with zero attached hydrogens (tertiary/aromatic N) is 2. The average molecular weight is 218 g/mol. The van der Waals surface area contributed by atoms with Crippen LogP contribution in [0.3, 0.4) is 0 Å². The molecule has 0 aliphatic rings. The Balaban J connectivity index is 2.92. The summed E-state index contributed by atoms with van der Waals surface area (Å²) in [6.45, 7) is 1.60. The lowest BCUT2D eigenvalue weighted by molar-refractivity contribution is -0.138. The summed E-state index contributed by atoms with van der Waals surface area (Å²) in [5, 5.41) is 12.4. The van der Waals surface area contributed by atoms with Crippen molar-refractivity contribution in [2.45, 2.75) is 32.2 Å². The first kappa shape index (κ1) is 11.6. The number of carbonyl (C=O) groups is 1. The minimum Gasteiger partial charge on any atom is -0.481 e. The molecule has 0 amide bonds. The molecule has 0 radical (unpaired) electrons. The first-order chi connectivity index (χ1) is 6.81. The van der Waals surface area contributed by atoms with Gasteiger partial charge in [-0.25, -0.2) is 8.78 Å². The number of carboxylic acids is 1. The topological polar surface area (TPSA) is 55.1 Å². The zero-order valence-electron chi connectivity index (χ0n) is 8.44. The van der Waals surface area contributed by atoms with Crippen molar-refractivity contribution in [3.63, 3.8) is 0 Å². The van der Waals surface area contributed by atoms with Crippen LogP contribution in [0.1, 0.15) is 25.5 Å². The second kappa shape index (κ2) is 3.96. The van der Waals surface area contributed by atoms with Crippen molar-refractivity contribution >= 4 is 5.97 Å². The molecule has 0 saturated heterocycles. The van der Waals surface area contributed by atoms with Gasteiger partial charge in [0.15, 0.2) is 0 Å². The molecule has 0 spiro atoms. The molecule has 4 nitrogen and oxygen atoms in total. The maximum Gasteiger partial charge on any atom is 0.312 e. The quantitative estimate of drug-likeness (QED) is 0.837. The van der Waals surface area contributed by atoms with Gasteiger partial charge in [0.2, 0.25) is 0 Å². The molecule has 0 aromatic carbocycles. The number of rotatable bonds is 4. The van der Waals surface area contributed by atoms with Crippen LogP contribution in [0.15, 0.2) is 12.3 Å². The second-order valence-electron chi connectivity index (χ2n) is 3.54. The Morgan fingerprint density at radius 1 is 1.73 bits per heavy atom. The Labute approximate surface area is 85.5 Å². The van der Waals surface area contributed by atoms with Gasteiger partial charge in [0, 0.05) is 13.1 Å². The number of hydrogen-bond donors (Lipinski definition) is 1. The fourth-order valence-electron chi connectivity index (χ4n) is 1.23. The Kier molecular flexibility index (Phi) is 3.06. The number of carboxylic acid groups (broad SMARTS) is 1. The van der Waals surface area contributed by atoms with E-state index in [2.05, 4.69) is 5.10 Å². The van der Waals surface area contributed by atoms with Gasteiger partial charge >= 0.3 is 5.97 Å². The van der Waals surface area contributed by atoms with Gasteiger partial charge in [-0.2, -0.15) is 5.10 Å². The van der Waals surface area contributed by atoms with Crippen LogP contribution in [0.2, 0.25) is 0 Å². The predicted molar refractivity (Wildman–Crippen MR) is 48.9 cm³/mol. The summed E-state index contributed by atoms with van der Waals surface area (Å²) in [6.07, 6.45) is 1.32. The van der Waals surface area contributed by atoms with Gasteiger partial charge in [-0.3, -0.25) is 9.48 Å². The average Bonchev–Trinajstić information content (AvgIpc) is 2.47. The van der Waals surface area contributed by atoms with Crippen molar-refractivity contribution in [3.05, 3.63) is 18.0 Å². The number of alkyl halides is 2. The van der Waals surface area contributed by atoms with E-state index in [4.69, 9.17) is 5.11 Å². The summed E-state index contributed by atoms with van der Waals surface area (Å²) in [4.78, 5) is 10.7. The summed E-state index contributed by atoms with van der Waals surface area (Å²) >= 11 is 0. The van der Waals surface area contributed by atoms with E-state index < -0.39 is 24.4 Å². The van der Waals surface area contributed by atoms with Gasteiger partial charge in [0.05, 0.1) is 11.6 Å². The van der Waals surface area contributed by atoms with Gasteiger partial charge in [0.1, 0.15) is 6.54 Å². The number of aliphatic carboxylic acids is 1. The summed E-state index contributed by atoms with van der Waals surface area (Å²) < 4.78 is 26.5. The first-order valence-corrected chi connectivity index (χ1v) is 4.43. The zero-order chi connectivity index (χ0) is 11.6. The third-order valence-electron chi connectivity index (χ3n) is 1.99. The SMILES string of the molecule is CC(C(=O)O)c1ccnn1CC(C)(F)F. The van der Waals surface area contributed by atoms with Gasteiger partial charge in [-0.15, -0.1) is 0 Å². The maximum absolute atomic E-state index is 12.7. The van der Waals surface area contributed by atoms with Crippen LogP contribution >= 0.6 is 0 Å². The normalized spacial score (nSPS) is 13.9. The van der Waals surface area contributed by atoms with E-state index in [0.29, 0.717) is 0 Å². The van der Waals surface area contributed by atoms with E-state index in [0.717, 1.165) is 11.6 Å². The molecule has 1 unspecified atom stereocenters. The zero-order valence-corrected chi connectivity index (χ0v) is 8.44. The van der Waals surface area contributed by atoms with Gasteiger partial charge in [-0.05, 0) is 13.0 Å². The molecule has 84 valence electrons. The molecule has 1 aromatic heterocycles. The largest absolute Gasteiger partial charge is 0.481 e. The van der Waals surface area contributed by atoms with Crippen molar-refractivity contribution in [2.75, 3.05) is 0 Å². The molecule has 0 fully saturated rings. The van der Waals surface area contributed by atoms with Crippen LogP contribution in [-0.2, 0) is 11.3 Å². The molecular weight excluding hydrogens is 206 g/mol. The van der Waals surface area contributed by atoms with Crippen molar-refractivity contribution in [3.8, 4) is 0 Å². The van der Waals surface area contributed by atoms with E-state index in [-0.39, 0.29) is 5.69 Å². The van der Waals surface area contributed by atoms with Crippen LogP contribution in [-0.4, -0.2) is 26.8 Å². The highest BCUT2D eigenvalue weighted by Crippen LogP contribution is 2.20. The van der Waals surface area contributed by atoms with Crippen LogP contribution < -0.4 is 0 Å². The number of halogens is 2. The molecule has 0 bridgehead atoms. The highest BCUT2D eigenvalue weighted by atomic mass is 19.3. The Hall–Kier alpha value is -1.46. The van der Waals surface area contributed by atoms with E-state index in [1.165, 1.54) is 19.2 Å². The van der Waals surface area contributed by atoms with E-state index >= 15 is 0 Å². The lowest BCUT2D eigenvalue weighted by Crippen LogP contribution is -2.23. The Morgan fingerprint density at radius 2 is 2.33 bits per heavy atom. The Bertz CT molecular complexity index is 357. The lowest BCUT2D eigenvalue weighted by Gasteiger charge is -2.14. The number of hydrogen-bond acceptors (Lipinski definition) is 2. The van der Waals surface area contributed by atoms with Crippen LogP contribution in [0.5, 0.6) is 0 Å². The standard InChI is InChI=1S/C9H12F2N2O2/c1-6(8(14)15)7-3-4-12-13(7)5-9(2,10)11/h3-4,6H,5H2,1-2H3,(H,14,15). The van der Waals surface area contributed by atoms with Crippen molar-refractivity contribution in [1.29, 1.82) is 0 Å². The van der Waals surface area contributed by atoms with E-state index in [1.807, 2.05) is 0 Å². The van der Waals surface area contributed by atoms with Crippen molar-refractivity contribution in [1.82, 2.24) is 9.78 Å². The third-order valence-corrected chi connectivity index (χ3v) is 1.99. The predicted octanol–water partition coefficient (Wildman–Crippen LogP) is 1.73. The molecule has 1 N–H and O–H groups in total. The summed E-state index contributed by atoms with van der Waals surface area (Å²) in [7, 11) is 0. The first-order valence-electron chi connectivity index (χ1n) is 4.43. The molecular formula is C9H12F2N2O2. The van der Waals surface area contributed by atoms with Gasteiger partial charge < -0.3 is 5.11 Å². The molecule has 6 heteroatoms. The third kappa shape index (κ3) is 3.00. The van der Waals surface area contributed by atoms with Gasteiger partial charge in [0.25, 0.3) is 5.92 Å². The minimum absolute atomic E-state index is 0.282. The highest BCUT2D eigenvalue weighted by Gasteiger charge is 2.26. The second-order valence-corrected chi connectivity index (χ2v) is 3.54. The highest BCUT2D eigenvalue weighted by molar-refractivity contribution is 5.74. The molecule has 0 aliphatic heterocycles. The van der Waals surface area contributed by atoms with Crippen molar-refractivity contribution < 1.29 is 18.7 Å². The van der Waals surface area contributed by atoms with E-state index in [9.17, 15) is 13.6 Å². The van der Waals surface area contributed by atoms with Crippen LogP contribution in [0.4, 0.5) is 8.78 Å². The number of aromatic nitrogens is 2. The molecule has 1 heterocycles. The fraction of sp³-hybridized carbons (Fsp3) is 0.556. The fourth-order valence-corrected chi connectivity index (χ4v) is 1.23. The summed E-state index contributed by atoms with van der Waals surface area (Å²) in [5.41, 5.74) is 0.282. The van der Waals surface area contributed by atoms with Crippen molar-refractivity contribution in [2.24, 2.45) is 0 Å². The van der Waals surface area contributed by atoms with Crippen LogP contribution in [0, 0.1) is 0 Å². The monoisotopic (exact) mass is 218 g/mol. The molecule has 15 heavy (non-hydrogen) atoms. The van der Waals surface area contributed by atoms with E-state index in [1.54, 1.807) is 0 Å². The lowest BCUT2D eigenvalue weighted by atomic mass is 10.1. The van der Waals surface area contributed by atoms with Crippen LogP contribution in [0.25, 0.3) is 0 Å². The molecule has 0 saturated carbocycles. The molecule has 1 rings (SSSR count). The molecule has 1 atom stereocenters. The molecule has 0 aliphatic carbocycles.